The Morgan fingerprint density at radius 1 is 0.421 bits per heavy atom. The fraction of sp³-hybridized carbons (Fsp3) is 0.545. The van der Waals surface area contributed by atoms with E-state index in [4.69, 9.17) is 18.5 Å². The van der Waals surface area contributed by atoms with Gasteiger partial charge in [0.25, 0.3) is 0 Å². The van der Waals surface area contributed by atoms with E-state index in [1.807, 2.05) is 33.3 Å². The molecule has 1 N–H and O–H groups in total. The molecular weight excluding hydrogens is 966 g/mol. The van der Waals surface area contributed by atoms with Crippen LogP contribution in [-0.4, -0.2) is 74.9 Å². The number of carbonyl (C=O) groups excluding carboxylic acids is 2. The van der Waals surface area contributed by atoms with E-state index in [1.165, 1.54) is 32.1 Å². The van der Waals surface area contributed by atoms with Gasteiger partial charge < -0.3 is 18.9 Å². The summed E-state index contributed by atoms with van der Waals surface area (Å²) in [5.41, 5.74) is 0. The van der Waals surface area contributed by atoms with E-state index in [9.17, 15) is 19.0 Å². The topological polar surface area (TPSA) is 108 Å². The Morgan fingerprint density at radius 2 is 0.750 bits per heavy atom. The lowest BCUT2D eigenvalue weighted by Gasteiger charge is -2.24. The smallest absolute Gasteiger partial charge is 0.461 e. The van der Waals surface area contributed by atoms with Gasteiger partial charge in [0.15, 0.2) is 6.10 Å². The van der Waals surface area contributed by atoms with E-state index in [-0.39, 0.29) is 26.1 Å². The number of carbonyl (C=O) groups is 2. The lowest BCUT2D eigenvalue weighted by Crippen LogP contribution is -2.37. The maximum Gasteiger partial charge on any atom is 0.472 e. The van der Waals surface area contributed by atoms with Crippen molar-refractivity contribution in [3.63, 3.8) is 0 Å². The molecule has 0 spiro atoms. The largest absolute Gasteiger partial charge is 0.472 e. The molecule has 0 fully saturated rings. The normalized spacial score (nSPS) is 14.6. The van der Waals surface area contributed by atoms with Crippen molar-refractivity contribution in [2.24, 2.45) is 0 Å². The van der Waals surface area contributed by atoms with Crippen LogP contribution >= 0.6 is 7.82 Å². The van der Waals surface area contributed by atoms with Gasteiger partial charge in [-0.15, -0.1) is 0 Å². The first-order chi connectivity index (χ1) is 37.0. The van der Waals surface area contributed by atoms with Crippen LogP contribution in [0.2, 0.25) is 0 Å². The van der Waals surface area contributed by atoms with E-state index in [1.54, 1.807) is 6.08 Å². The third-order valence-electron chi connectivity index (χ3n) is 11.3. The molecule has 0 aromatic carbocycles. The summed E-state index contributed by atoms with van der Waals surface area (Å²) in [6.45, 7) is 4.04. The zero-order valence-corrected chi connectivity index (χ0v) is 49.1. The van der Waals surface area contributed by atoms with Crippen LogP contribution in [-0.2, 0) is 32.7 Å². The first kappa shape index (κ1) is 71.4. The quantitative estimate of drug-likeness (QED) is 0.0211. The molecule has 2 unspecified atom stereocenters. The molecule has 0 saturated heterocycles. The predicted octanol–water partition coefficient (Wildman–Crippen LogP) is 18.3. The standard InChI is InChI=1S/C66H104NO8P/c1-6-8-10-12-14-16-18-20-22-23-24-25-26-27-28-29-30-31-32-33-34-35-36-37-38-39-40-41-42-43-45-47-49-51-53-55-57-59-66(69)75-64(63-74-76(70,71)73-61-60-67(3,4)5)62-72-65(68)58-56-54-52-50-48-46-44-21-19-17-15-13-11-9-7-2/h8-11,14-17,20-22,24-25,27-28,30-31,33-34,36-37,39-40,44,48,50,54,56,64H,6-7,12-13,18-19,23,26,29,32,35,38,41-43,45-47,49,51-53,55,57-63H2,1-5H3/p+1/b10-8-,11-9-,16-14-,17-15-,22-20-,25-24-,28-27-,31-30-,34-33-,37-36-,40-39-,44-21-,50-48-,56-54-. The number of rotatable bonds is 50. The van der Waals surface area contributed by atoms with Crippen LogP contribution in [0.4, 0.5) is 0 Å². The molecule has 0 amide bonds. The number of nitrogens with zero attached hydrogens (tertiary/aromatic N) is 1. The zero-order valence-electron chi connectivity index (χ0n) is 48.2. The van der Waals surface area contributed by atoms with Crippen LogP contribution in [0.25, 0.3) is 0 Å². The van der Waals surface area contributed by atoms with Gasteiger partial charge in [-0.3, -0.25) is 18.6 Å². The molecule has 76 heavy (non-hydrogen) atoms. The van der Waals surface area contributed by atoms with Crippen molar-refractivity contribution in [1.29, 1.82) is 0 Å². The molecule has 0 bridgehead atoms. The molecule has 9 nitrogen and oxygen atoms in total. The average Bonchev–Trinajstić information content (AvgIpc) is 3.38. The fourth-order valence-electron chi connectivity index (χ4n) is 6.90. The minimum Gasteiger partial charge on any atom is -0.461 e. The number of likely N-dealkylation sites (N-methyl/N-ethyl adjacent to an activating group) is 1. The Kier molecular flexibility index (Phi) is 51.8. The third kappa shape index (κ3) is 58.6. The van der Waals surface area contributed by atoms with Crippen molar-refractivity contribution < 1.29 is 42.1 Å². The second kappa shape index (κ2) is 55.1. The van der Waals surface area contributed by atoms with Crippen molar-refractivity contribution in [1.82, 2.24) is 0 Å². The second-order valence-corrected chi connectivity index (χ2v) is 21.0. The second-order valence-electron chi connectivity index (χ2n) is 19.6. The number of quaternary nitrogens is 1. The minimum atomic E-state index is -4.42. The maximum absolute atomic E-state index is 12.8. The molecule has 0 rings (SSSR count). The maximum atomic E-state index is 12.8. The molecule has 0 aromatic heterocycles. The SMILES string of the molecule is CC/C=C\C/C=C\C/C=C\C/C=C\C/C=C\C/C=C\C/C=C\C/C=C\C/C=C\CCCCCCCCCCCC(=O)OC(COC(=O)C/C=C\C/C=C\C/C=C\C/C=C\C/C=C\CC)COP(=O)(O)OCC[N+](C)(C)C. The van der Waals surface area contributed by atoms with Crippen molar-refractivity contribution in [2.45, 2.75) is 187 Å². The van der Waals surface area contributed by atoms with Crippen LogP contribution in [0.5, 0.6) is 0 Å². The summed E-state index contributed by atoms with van der Waals surface area (Å²) >= 11 is 0. The van der Waals surface area contributed by atoms with Crippen molar-refractivity contribution in [3.8, 4) is 0 Å². The third-order valence-corrected chi connectivity index (χ3v) is 12.3. The first-order valence-corrected chi connectivity index (χ1v) is 30.4. The van der Waals surface area contributed by atoms with Gasteiger partial charge in [0.1, 0.15) is 19.8 Å². The summed E-state index contributed by atoms with van der Waals surface area (Å²) in [4.78, 5) is 35.5. The predicted molar refractivity (Wildman–Crippen MR) is 325 cm³/mol. The molecule has 0 saturated carbocycles. The number of phosphoric acid groups is 1. The molecular formula is C66H105NO8P+. The molecule has 0 aromatic rings. The molecule has 0 aliphatic heterocycles. The van der Waals surface area contributed by atoms with Gasteiger partial charge in [-0.25, -0.2) is 4.57 Å². The number of esters is 2. The van der Waals surface area contributed by atoms with Gasteiger partial charge in [0.05, 0.1) is 34.2 Å². The van der Waals surface area contributed by atoms with E-state index < -0.39 is 32.5 Å². The Labute approximate surface area is 464 Å². The highest BCUT2D eigenvalue weighted by atomic mass is 31.2. The number of allylic oxidation sites excluding steroid dienone is 27. The number of phosphoric ester groups is 1. The highest BCUT2D eigenvalue weighted by Crippen LogP contribution is 2.43. The Bertz CT molecular complexity index is 1880. The van der Waals surface area contributed by atoms with Crippen molar-refractivity contribution in [3.05, 3.63) is 170 Å². The number of hydrogen-bond acceptors (Lipinski definition) is 7. The molecule has 0 aliphatic carbocycles. The lowest BCUT2D eigenvalue weighted by molar-refractivity contribution is -0.870. The number of ether oxygens (including phenoxy) is 2. The average molecular weight is 1070 g/mol. The summed E-state index contributed by atoms with van der Waals surface area (Å²) in [6, 6.07) is 0. The Balaban J connectivity index is 4.22. The van der Waals surface area contributed by atoms with Crippen LogP contribution in [0, 0.1) is 0 Å². The van der Waals surface area contributed by atoms with Crippen LogP contribution in [0.3, 0.4) is 0 Å². The summed E-state index contributed by atoms with van der Waals surface area (Å²) in [5.74, 6) is -0.968. The van der Waals surface area contributed by atoms with E-state index >= 15 is 0 Å². The van der Waals surface area contributed by atoms with Gasteiger partial charge >= 0.3 is 19.8 Å². The van der Waals surface area contributed by atoms with Crippen molar-refractivity contribution in [2.75, 3.05) is 47.5 Å². The Morgan fingerprint density at radius 3 is 1.12 bits per heavy atom. The van der Waals surface area contributed by atoms with E-state index in [2.05, 4.69) is 166 Å². The number of hydrogen-bond donors (Lipinski definition) is 1. The van der Waals surface area contributed by atoms with E-state index in [0.29, 0.717) is 23.9 Å². The molecule has 0 radical (unpaired) electrons. The van der Waals surface area contributed by atoms with Gasteiger partial charge in [-0.1, -0.05) is 229 Å². The van der Waals surface area contributed by atoms with E-state index in [0.717, 1.165) is 109 Å². The van der Waals surface area contributed by atoms with Gasteiger partial charge in [0.2, 0.25) is 0 Å². The summed E-state index contributed by atoms with van der Waals surface area (Å²) in [7, 11) is 1.40. The highest BCUT2D eigenvalue weighted by Gasteiger charge is 2.27. The first-order valence-electron chi connectivity index (χ1n) is 28.9. The molecule has 0 heterocycles. The van der Waals surface area contributed by atoms with Gasteiger partial charge in [-0.05, 0) is 109 Å². The van der Waals surface area contributed by atoms with Crippen LogP contribution < -0.4 is 0 Å². The molecule has 10 heteroatoms. The highest BCUT2D eigenvalue weighted by molar-refractivity contribution is 7.47. The molecule has 0 aliphatic rings. The van der Waals surface area contributed by atoms with Crippen LogP contribution in [0.1, 0.15) is 181 Å². The summed E-state index contributed by atoms with van der Waals surface area (Å²) in [5, 5.41) is 0. The lowest BCUT2D eigenvalue weighted by atomic mass is 10.1. The van der Waals surface area contributed by atoms with Crippen LogP contribution in [0.15, 0.2) is 170 Å². The monoisotopic (exact) mass is 1070 g/mol. The van der Waals surface area contributed by atoms with Crippen molar-refractivity contribution >= 4 is 19.8 Å². The summed E-state index contributed by atoms with van der Waals surface area (Å²) < 4.78 is 34.3. The number of unbranched alkanes of at least 4 members (excludes halogenated alkanes) is 9. The van der Waals surface area contributed by atoms with Gasteiger partial charge in [-0.2, -0.15) is 0 Å². The zero-order chi connectivity index (χ0) is 55.6. The molecule has 2 atom stereocenters. The fourth-order valence-corrected chi connectivity index (χ4v) is 7.64. The Hall–Kier alpha value is -4.63. The van der Waals surface area contributed by atoms with Gasteiger partial charge in [0, 0.05) is 6.42 Å². The summed E-state index contributed by atoms with van der Waals surface area (Å²) in [6.07, 6.45) is 84.6. The minimum absolute atomic E-state index is 0.00732. The molecule has 426 valence electrons.